The van der Waals surface area contributed by atoms with Crippen LogP contribution < -0.4 is 17.0 Å². The van der Waals surface area contributed by atoms with Crippen LogP contribution in [0.4, 0.5) is 0 Å². The zero-order valence-corrected chi connectivity index (χ0v) is 10.5. The number of nitrogens with zero attached hydrogens (tertiary/aromatic N) is 3. The highest BCUT2D eigenvalue weighted by atomic mass is 16.2. The Labute approximate surface area is 110 Å². The Kier molecular flexibility index (Phi) is 4.25. The molecule has 2 aromatic heterocycles. The van der Waals surface area contributed by atoms with Gasteiger partial charge in [0.1, 0.15) is 0 Å². The Balaban J connectivity index is 2.32. The van der Waals surface area contributed by atoms with Gasteiger partial charge in [-0.15, -0.1) is 0 Å². The molecule has 2 heterocycles. The molecular weight excluding hydrogens is 244 g/mol. The first-order valence-electron chi connectivity index (χ1n) is 6.11. The van der Waals surface area contributed by atoms with Crippen LogP contribution in [-0.4, -0.2) is 20.7 Å². The van der Waals surface area contributed by atoms with Crippen molar-refractivity contribution in [1.29, 1.82) is 0 Å². The second-order valence-electron chi connectivity index (χ2n) is 4.22. The van der Waals surface area contributed by atoms with Gasteiger partial charge in [-0.2, -0.15) is 0 Å². The summed E-state index contributed by atoms with van der Waals surface area (Å²) in [7, 11) is 0. The lowest BCUT2D eigenvalue weighted by molar-refractivity contribution is 0.554. The largest absolute Gasteiger partial charge is 0.331 e. The van der Waals surface area contributed by atoms with Gasteiger partial charge in [0, 0.05) is 31.2 Å². The molecule has 19 heavy (non-hydrogen) atoms. The second kappa shape index (κ2) is 6.10. The van der Waals surface area contributed by atoms with Crippen LogP contribution in [-0.2, 0) is 13.1 Å². The molecule has 0 atom stereocenters. The molecule has 0 fully saturated rings. The minimum Gasteiger partial charge on any atom is -0.330 e. The molecule has 0 amide bonds. The maximum absolute atomic E-state index is 12.2. The van der Waals surface area contributed by atoms with Gasteiger partial charge in [-0.25, -0.2) is 4.79 Å². The van der Waals surface area contributed by atoms with Gasteiger partial charge in [-0.05, 0) is 24.6 Å². The van der Waals surface area contributed by atoms with Gasteiger partial charge in [0.05, 0.1) is 6.54 Å². The highest BCUT2D eigenvalue weighted by molar-refractivity contribution is 5.09. The van der Waals surface area contributed by atoms with Crippen molar-refractivity contribution in [2.45, 2.75) is 19.5 Å². The van der Waals surface area contributed by atoms with E-state index in [1.54, 1.807) is 12.4 Å². The molecule has 0 aromatic carbocycles. The van der Waals surface area contributed by atoms with E-state index in [1.807, 2.05) is 12.1 Å². The molecule has 0 aliphatic carbocycles. The second-order valence-corrected chi connectivity index (χ2v) is 4.22. The number of rotatable bonds is 5. The van der Waals surface area contributed by atoms with Gasteiger partial charge >= 0.3 is 5.69 Å². The van der Waals surface area contributed by atoms with Crippen LogP contribution in [0.2, 0.25) is 0 Å². The van der Waals surface area contributed by atoms with Crippen LogP contribution in [0.25, 0.3) is 0 Å². The summed E-state index contributed by atoms with van der Waals surface area (Å²) in [6.07, 6.45) is 5.48. The van der Waals surface area contributed by atoms with Crippen molar-refractivity contribution in [2.24, 2.45) is 5.73 Å². The molecule has 6 heteroatoms. The van der Waals surface area contributed by atoms with Crippen LogP contribution in [0, 0.1) is 0 Å². The number of hydrogen-bond acceptors (Lipinski definition) is 4. The van der Waals surface area contributed by atoms with Crippen molar-refractivity contribution in [3.05, 3.63) is 63.2 Å². The lowest BCUT2D eigenvalue weighted by atomic mass is 10.3. The highest BCUT2D eigenvalue weighted by Gasteiger charge is 2.05. The van der Waals surface area contributed by atoms with E-state index in [2.05, 4.69) is 4.98 Å². The molecule has 0 unspecified atom stereocenters. The van der Waals surface area contributed by atoms with E-state index in [-0.39, 0.29) is 11.2 Å². The number of hydrogen-bond donors (Lipinski definition) is 1. The van der Waals surface area contributed by atoms with E-state index < -0.39 is 0 Å². The minimum atomic E-state index is -0.315. The van der Waals surface area contributed by atoms with Crippen LogP contribution in [0.15, 0.2) is 46.4 Å². The predicted molar refractivity (Wildman–Crippen MR) is 72.0 cm³/mol. The molecule has 2 N–H and O–H groups in total. The highest BCUT2D eigenvalue weighted by Crippen LogP contribution is 1.97. The van der Waals surface area contributed by atoms with Crippen molar-refractivity contribution in [3.63, 3.8) is 0 Å². The smallest absolute Gasteiger partial charge is 0.330 e. The molecule has 0 aliphatic rings. The molecule has 2 aromatic rings. The third kappa shape index (κ3) is 3.17. The van der Waals surface area contributed by atoms with E-state index in [0.717, 1.165) is 5.56 Å². The van der Waals surface area contributed by atoms with Crippen molar-refractivity contribution in [1.82, 2.24) is 14.1 Å². The summed E-state index contributed by atoms with van der Waals surface area (Å²) >= 11 is 0. The molecule has 0 bridgehead atoms. The zero-order valence-electron chi connectivity index (χ0n) is 10.5. The summed E-state index contributed by atoms with van der Waals surface area (Å²) in [5.41, 5.74) is 5.71. The summed E-state index contributed by atoms with van der Waals surface area (Å²) < 4.78 is 2.71. The van der Waals surface area contributed by atoms with Gasteiger partial charge < -0.3 is 5.73 Å². The topological polar surface area (TPSA) is 82.9 Å². The fourth-order valence-electron chi connectivity index (χ4n) is 1.82. The molecular formula is C13H16N4O2. The maximum Gasteiger partial charge on any atom is 0.331 e. The molecule has 2 rings (SSSR count). The van der Waals surface area contributed by atoms with Gasteiger partial charge in [0.25, 0.3) is 5.56 Å². The van der Waals surface area contributed by atoms with E-state index >= 15 is 0 Å². The Morgan fingerprint density at radius 2 is 2.11 bits per heavy atom. The monoisotopic (exact) mass is 260 g/mol. The van der Waals surface area contributed by atoms with Gasteiger partial charge in [-0.3, -0.25) is 18.9 Å². The third-order valence-corrected chi connectivity index (χ3v) is 2.80. The van der Waals surface area contributed by atoms with E-state index in [0.29, 0.717) is 26.1 Å². The standard InChI is InChI=1S/C13H16N4O2/c14-5-2-7-17-12(18)4-8-16(13(17)19)10-11-3-1-6-15-9-11/h1,3-4,6,8-9H,2,5,7,10,14H2. The zero-order chi connectivity index (χ0) is 13.7. The lowest BCUT2D eigenvalue weighted by Crippen LogP contribution is -2.39. The third-order valence-electron chi connectivity index (χ3n) is 2.80. The number of aromatic nitrogens is 3. The Morgan fingerprint density at radius 3 is 2.79 bits per heavy atom. The fourth-order valence-corrected chi connectivity index (χ4v) is 1.82. The lowest BCUT2D eigenvalue weighted by Gasteiger charge is -2.09. The van der Waals surface area contributed by atoms with Gasteiger partial charge in [0.15, 0.2) is 0 Å². The van der Waals surface area contributed by atoms with E-state index in [4.69, 9.17) is 5.73 Å². The van der Waals surface area contributed by atoms with Crippen molar-refractivity contribution >= 4 is 0 Å². The van der Waals surface area contributed by atoms with Gasteiger partial charge in [-0.1, -0.05) is 6.07 Å². The fraction of sp³-hybridized carbons (Fsp3) is 0.308. The summed E-state index contributed by atoms with van der Waals surface area (Å²) in [5, 5.41) is 0. The summed E-state index contributed by atoms with van der Waals surface area (Å²) in [6, 6.07) is 5.09. The van der Waals surface area contributed by atoms with Crippen molar-refractivity contribution in [3.8, 4) is 0 Å². The average molecular weight is 260 g/mol. The van der Waals surface area contributed by atoms with Crippen LogP contribution >= 0.6 is 0 Å². The summed E-state index contributed by atoms with van der Waals surface area (Å²) in [4.78, 5) is 27.8. The first-order chi connectivity index (χ1) is 9.22. The molecule has 6 nitrogen and oxygen atoms in total. The van der Waals surface area contributed by atoms with Crippen LogP contribution in [0.3, 0.4) is 0 Å². The molecule has 0 radical (unpaired) electrons. The van der Waals surface area contributed by atoms with E-state index in [1.165, 1.54) is 21.4 Å². The molecule has 0 saturated carbocycles. The van der Waals surface area contributed by atoms with E-state index in [9.17, 15) is 9.59 Å². The molecule has 100 valence electrons. The van der Waals surface area contributed by atoms with Crippen LogP contribution in [0.1, 0.15) is 12.0 Å². The minimum absolute atomic E-state index is 0.291. The first-order valence-corrected chi connectivity index (χ1v) is 6.11. The average Bonchev–Trinajstić information content (AvgIpc) is 2.43. The van der Waals surface area contributed by atoms with Gasteiger partial charge in [0.2, 0.25) is 0 Å². The van der Waals surface area contributed by atoms with Crippen molar-refractivity contribution < 1.29 is 0 Å². The Bertz CT molecular complexity index is 646. The number of nitrogens with two attached hydrogens (primary N) is 1. The predicted octanol–water partition coefficient (Wildman–Crippen LogP) is -0.198. The normalized spacial score (nSPS) is 10.6. The molecule has 0 spiro atoms. The van der Waals surface area contributed by atoms with Crippen molar-refractivity contribution in [2.75, 3.05) is 6.54 Å². The summed E-state index contributed by atoms with van der Waals surface area (Å²) in [5.74, 6) is 0. The number of pyridine rings is 1. The molecule has 0 aliphatic heterocycles. The quantitative estimate of drug-likeness (QED) is 0.807. The first kappa shape index (κ1) is 13.2. The Morgan fingerprint density at radius 1 is 1.26 bits per heavy atom. The molecule has 0 saturated heterocycles. The van der Waals surface area contributed by atoms with Crippen LogP contribution in [0.5, 0.6) is 0 Å². The Hall–Kier alpha value is -2.21. The SMILES string of the molecule is NCCCn1c(=O)ccn(Cc2cccnc2)c1=O. The maximum atomic E-state index is 12.2. The summed E-state index contributed by atoms with van der Waals surface area (Å²) in [6.45, 7) is 1.20.